The maximum atomic E-state index is 11.6. The molecule has 0 saturated carbocycles. The Balaban J connectivity index is 1.77. The summed E-state index contributed by atoms with van der Waals surface area (Å²) in [6.45, 7) is 2.57. The van der Waals surface area contributed by atoms with Crippen molar-refractivity contribution in [2.24, 2.45) is 0 Å². The lowest BCUT2D eigenvalue weighted by Gasteiger charge is -2.27. The Bertz CT molecular complexity index is 1060. The van der Waals surface area contributed by atoms with Gasteiger partial charge in [0.2, 0.25) is 0 Å². The number of hydrogen-bond acceptors (Lipinski definition) is 4. The monoisotopic (exact) mass is 372 g/mol. The van der Waals surface area contributed by atoms with E-state index in [1.165, 1.54) is 0 Å². The number of anilines is 2. The first kappa shape index (κ1) is 17.8. The van der Waals surface area contributed by atoms with Crippen molar-refractivity contribution < 1.29 is 14.6 Å². The lowest BCUT2D eigenvalue weighted by molar-refractivity contribution is -0.132. The summed E-state index contributed by atoms with van der Waals surface area (Å²) in [6.07, 6.45) is 3.75. The highest BCUT2D eigenvalue weighted by atomic mass is 16.5. The lowest BCUT2D eigenvalue weighted by Crippen LogP contribution is -2.21. The smallest absolute Gasteiger partial charge is 0.333 e. The zero-order valence-corrected chi connectivity index (χ0v) is 15.5. The van der Waals surface area contributed by atoms with Crippen molar-refractivity contribution in [2.75, 3.05) is 11.5 Å². The molecule has 2 heterocycles. The van der Waals surface area contributed by atoms with Crippen molar-refractivity contribution in [3.8, 4) is 16.9 Å². The summed E-state index contributed by atoms with van der Waals surface area (Å²) >= 11 is 0. The summed E-state index contributed by atoms with van der Waals surface area (Å²) < 4.78 is 5.61. The van der Waals surface area contributed by atoms with Crippen LogP contribution < -0.4 is 9.64 Å². The maximum Gasteiger partial charge on any atom is 0.333 e. The van der Waals surface area contributed by atoms with E-state index in [0.717, 1.165) is 33.9 Å². The molecule has 5 heteroatoms. The SMILES string of the molecule is CCOc1cccc(-c2cccc(N3C=C(C(=O)O)Cc4cccnc43)c2)c1. The van der Waals surface area contributed by atoms with Gasteiger partial charge in [-0.2, -0.15) is 0 Å². The standard InChI is InChI=1S/C23H20N2O3/c1-2-28-21-10-4-7-17(14-21)16-6-3-9-20(13-16)25-15-19(23(26)27)12-18-8-5-11-24-22(18)25/h3-11,13-15H,2,12H2,1H3,(H,26,27). The molecule has 28 heavy (non-hydrogen) atoms. The maximum absolute atomic E-state index is 11.6. The number of aliphatic carboxylic acids is 1. The van der Waals surface area contributed by atoms with Crippen molar-refractivity contribution in [3.05, 3.63) is 84.2 Å². The quantitative estimate of drug-likeness (QED) is 0.696. The number of carbonyl (C=O) groups is 1. The third kappa shape index (κ3) is 3.47. The fourth-order valence-corrected chi connectivity index (χ4v) is 3.35. The van der Waals surface area contributed by atoms with Gasteiger partial charge in [0.1, 0.15) is 11.6 Å². The Morgan fingerprint density at radius 2 is 1.89 bits per heavy atom. The molecule has 0 radical (unpaired) electrons. The van der Waals surface area contributed by atoms with E-state index in [-0.39, 0.29) is 0 Å². The predicted octanol–water partition coefficient (Wildman–Crippen LogP) is 4.81. The molecular formula is C23H20N2O3. The molecule has 1 aliphatic heterocycles. The number of nitrogens with zero attached hydrogens (tertiary/aromatic N) is 2. The minimum Gasteiger partial charge on any atom is -0.494 e. The zero-order valence-electron chi connectivity index (χ0n) is 15.5. The molecule has 1 aliphatic rings. The van der Waals surface area contributed by atoms with Crippen LogP contribution in [0, 0.1) is 0 Å². The number of carboxylic acid groups (broad SMARTS) is 1. The van der Waals surface area contributed by atoms with Gasteiger partial charge in [0.05, 0.1) is 12.2 Å². The summed E-state index contributed by atoms with van der Waals surface area (Å²) in [5, 5.41) is 9.51. The highest BCUT2D eigenvalue weighted by Gasteiger charge is 2.23. The van der Waals surface area contributed by atoms with Crippen LogP contribution in [-0.4, -0.2) is 22.7 Å². The summed E-state index contributed by atoms with van der Waals surface area (Å²) in [5.41, 5.74) is 4.15. The highest BCUT2D eigenvalue weighted by Crippen LogP contribution is 2.35. The Labute approximate surface area is 163 Å². The fraction of sp³-hybridized carbons (Fsp3) is 0.130. The molecule has 1 aromatic heterocycles. The summed E-state index contributed by atoms with van der Waals surface area (Å²) in [4.78, 5) is 17.9. The molecule has 0 spiro atoms. The number of benzene rings is 2. The summed E-state index contributed by atoms with van der Waals surface area (Å²) in [6, 6.07) is 19.7. The molecule has 0 amide bonds. The van der Waals surface area contributed by atoms with E-state index in [1.54, 1.807) is 12.4 Å². The van der Waals surface area contributed by atoms with Gasteiger partial charge in [-0.15, -0.1) is 0 Å². The normalized spacial score (nSPS) is 12.9. The third-order valence-corrected chi connectivity index (χ3v) is 4.64. The van der Waals surface area contributed by atoms with Gasteiger partial charge >= 0.3 is 5.97 Å². The fourth-order valence-electron chi connectivity index (χ4n) is 3.35. The van der Waals surface area contributed by atoms with E-state index in [9.17, 15) is 9.90 Å². The first-order valence-electron chi connectivity index (χ1n) is 9.16. The van der Waals surface area contributed by atoms with Crippen LogP contribution in [0.3, 0.4) is 0 Å². The Hall–Kier alpha value is -3.60. The van der Waals surface area contributed by atoms with Crippen LogP contribution in [0.5, 0.6) is 5.75 Å². The zero-order chi connectivity index (χ0) is 19.5. The van der Waals surface area contributed by atoms with E-state index in [1.807, 2.05) is 72.5 Å². The van der Waals surface area contributed by atoms with Gasteiger partial charge in [-0.05, 0) is 48.4 Å². The van der Waals surface area contributed by atoms with Crippen molar-refractivity contribution >= 4 is 17.5 Å². The molecule has 4 rings (SSSR count). The van der Waals surface area contributed by atoms with Crippen molar-refractivity contribution in [1.29, 1.82) is 0 Å². The van der Waals surface area contributed by atoms with Gasteiger partial charge in [0, 0.05) is 30.1 Å². The molecule has 1 N–H and O–H groups in total. The first-order chi connectivity index (χ1) is 13.7. The second-order valence-corrected chi connectivity index (χ2v) is 6.50. The van der Waals surface area contributed by atoms with Crippen LogP contribution >= 0.6 is 0 Å². The number of fused-ring (bicyclic) bond motifs is 1. The Morgan fingerprint density at radius 3 is 2.68 bits per heavy atom. The van der Waals surface area contributed by atoms with Crippen LogP contribution in [-0.2, 0) is 11.2 Å². The van der Waals surface area contributed by atoms with Crippen molar-refractivity contribution in [1.82, 2.24) is 4.98 Å². The summed E-state index contributed by atoms with van der Waals surface area (Å²) in [5.74, 6) is 0.663. The number of carboxylic acids is 1. The van der Waals surface area contributed by atoms with E-state index in [4.69, 9.17) is 4.74 Å². The van der Waals surface area contributed by atoms with E-state index in [0.29, 0.717) is 18.6 Å². The second-order valence-electron chi connectivity index (χ2n) is 6.50. The molecule has 2 aromatic carbocycles. The van der Waals surface area contributed by atoms with Crippen LogP contribution in [0.25, 0.3) is 11.1 Å². The molecule has 0 fully saturated rings. The minimum atomic E-state index is -0.917. The van der Waals surface area contributed by atoms with Crippen LogP contribution in [0.15, 0.2) is 78.6 Å². The molecule has 0 bridgehead atoms. The molecule has 5 nitrogen and oxygen atoms in total. The van der Waals surface area contributed by atoms with E-state index < -0.39 is 5.97 Å². The van der Waals surface area contributed by atoms with E-state index in [2.05, 4.69) is 4.98 Å². The number of aromatic nitrogens is 1. The van der Waals surface area contributed by atoms with Crippen molar-refractivity contribution in [3.63, 3.8) is 0 Å². The lowest BCUT2D eigenvalue weighted by atomic mass is 10.0. The number of hydrogen-bond donors (Lipinski definition) is 1. The van der Waals surface area contributed by atoms with Crippen LogP contribution in [0.1, 0.15) is 12.5 Å². The van der Waals surface area contributed by atoms with Crippen LogP contribution in [0.4, 0.5) is 11.5 Å². The van der Waals surface area contributed by atoms with E-state index >= 15 is 0 Å². The average molecular weight is 372 g/mol. The topological polar surface area (TPSA) is 62.7 Å². The highest BCUT2D eigenvalue weighted by molar-refractivity contribution is 5.90. The minimum absolute atomic E-state index is 0.337. The Morgan fingerprint density at radius 1 is 1.11 bits per heavy atom. The van der Waals surface area contributed by atoms with Gasteiger partial charge < -0.3 is 14.7 Å². The second kappa shape index (κ2) is 7.56. The van der Waals surface area contributed by atoms with Crippen molar-refractivity contribution in [2.45, 2.75) is 13.3 Å². The molecule has 0 atom stereocenters. The number of pyridine rings is 1. The predicted molar refractivity (Wildman–Crippen MR) is 109 cm³/mol. The molecule has 3 aromatic rings. The number of ether oxygens (including phenoxy) is 1. The van der Waals surface area contributed by atoms with Gasteiger partial charge in [-0.25, -0.2) is 9.78 Å². The molecule has 0 aliphatic carbocycles. The first-order valence-corrected chi connectivity index (χ1v) is 9.16. The number of rotatable bonds is 5. The van der Waals surface area contributed by atoms with Crippen LogP contribution in [0.2, 0.25) is 0 Å². The van der Waals surface area contributed by atoms with Gasteiger partial charge in [0.15, 0.2) is 0 Å². The van der Waals surface area contributed by atoms with Gasteiger partial charge in [-0.3, -0.25) is 0 Å². The molecule has 0 unspecified atom stereocenters. The molecule has 140 valence electrons. The average Bonchev–Trinajstić information content (AvgIpc) is 2.73. The molecular weight excluding hydrogens is 352 g/mol. The van der Waals surface area contributed by atoms with Gasteiger partial charge in [0.25, 0.3) is 0 Å². The summed E-state index contributed by atoms with van der Waals surface area (Å²) in [7, 11) is 0. The largest absolute Gasteiger partial charge is 0.494 e. The third-order valence-electron chi connectivity index (χ3n) is 4.64. The Kier molecular flexibility index (Phi) is 4.81. The molecule has 0 saturated heterocycles. The van der Waals surface area contributed by atoms with Gasteiger partial charge in [-0.1, -0.05) is 30.3 Å².